The van der Waals surface area contributed by atoms with E-state index in [9.17, 15) is 0 Å². The molecular weight excluding hydrogens is 148 g/mol. The minimum atomic E-state index is 0.790. The summed E-state index contributed by atoms with van der Waals surface area (Å²) in [6.07, 6.45) is 4.58. The topological polar surface area (TPSA) is 24.9 Å². The molecule has 0 saturated heterocycles. The number of hydrogen-bond donors (Lipinski definition) is 1. The van der Waals surface area contributed by atoms with Gasteiger partial charge in [0.15, 0.2) is 0 Å². The monoisotopic (exact) mass is 162 g/mol. The van der Waals surface area contributed by atoms with Crippen molar-refractivity contribution >= 4 is 0 Å². The number of nitrogens with zero attached hydrogens (tertiary/aromatic N) is 1. The summed E-state index contributed by atoms with van der Waals surface area (Å²) in [4.78, 5) is 4.15. The number of aryl methyl sites for hydroxylation is 1. The smallest absolute Gasteiger partial charge is 0.0375 e. The SMILES string of the molecule is Cc1cc(CNC2CC2)ccn1. The molecular formula is C10H14N2. The highest BCUT2D eigenvalue weighted by molar-refractivity contribution is 5.15. The number of rotatable bonds is 3. The zero-order valence-electron chi connectivity index (χ0n) is 7.38. The molecule has 0 unspecified atom stereocenters. The van der Waals surface area contributed by atoms with Crippen LogP contribution in [-0.2, 0) is 6.54 Å². The van der Waals surface area contributed by atoms with Gasteiger partial charge in [0.25, 0.3) is 0 Å². The molecule has 12 heavy (non-hydrogen) atoms. The number of nitrogens with one attached hydrogen (secondary N) is 1. The minimum Gasteiger partial charge on any atom is -0.310 e. The first-order valence-electron chi connectivity index (χ1n) is 4.49. The second-order valence-corrected chi connectivity index (χ2v) is 3.46. The molecule has 0 radical (unpaired) electrons. The van der Waals surface area contributed by atoms with Gasteiger partial charge in [-0.2, -0.15) is 0 Å². The van der Waals surface area contributed by atoms with Crippen molar-refractivity contribution in [2.24, 2.45) is 0 Å². The molecule has 0 amide bonds. The van der Waals surface area contributed by atoms with Crippen LogP contribution in [0.25, 0.3) is 0 Å². The van der Waals surface area contributed by atoms with Crippen molar-refractivity contribution in [3.63, 3.8) is 0 Å². The zero-order chi connectivity index (χ0) is 8.39. The van der Waals surface area contributed by atoms with Crippen LogP contribution in [0.2, 0.25) is 0 Å². The van der Waals surface area contributed by atoms with Crippen molar-refractivity contribution in [1.29, 1.82) is 0 Å². The van der Waals surface area contributed by atoms with Crippen molar-refractivity contribution in [3.05, 3.63) is 29.6 Å². The van der Waals surface area contributed by atoms with Crippen molar-refractivity contribution < 1.29 is 0 Å². The van der Waals surface area contributed by atoms with E-state index in [1.54, 1.807) is 0 Å². The lowest BCUT2D eigenvalue weighted by atomic mass is 10.2. The second kappa shape index (κ2) is 3.23. The van der Waals surface area contributed by atoms with E-state index in [1.807, 2.05) is 13.1 Å². The summed E-state index contributed by atoms with van der Waals surface area (Å²) >= 11 is 0. The molecule has 64 valence electrons. The van der Waals surface area contributed by atoms with Gasteiger partial charge >= 0.3 is 0 Å². The van der Waals surface area contributed by atoms with Crippen LogP contribution in [0.15, 0.2) is 18.3 Å². The Bertz CT molecular complexity index is 266. The Labute approximate surface area is 73.0 Å². The predicted octanol–water partition coefficient (Wildman–Crippen LogP) is 1.64. The molecule has 1 saturated carbocycles. The summed E-state index contributed by atoms with van der Waals surface area (Å²) in [5, 5.41) is 3.47. The molecule has 0 bridgehead atoms. The van der Waals surface area contributed by atoms with Crippen LogP contribution in [0.1, 0.15) is 24.1 Å². The molecule has 0 aliphatic heterocycles. The van der Waals surface area contributed by atoms with Crippen LogP contribution >= 0.6 is 0 Å². The van der Waals surface area contributed by atoms with Gasteiger partial charge in [-0.05, 0) is 37.5 Å². The largest absolute Gasteiger partial charge is 0.310 e. The Morgan fingerprint density at radius 1 is 1.58 bits per heavy atom. The average molecular weight is 162 g/mol. The third kappa shape index (κ3) is 2.05. The molecule has 0 spiro atoms. The molecule has 0 atom stereocenters. The zero-order valence-corrected chi connectivity index (χ0v) is 7.38. The number of aromatic nitrogens is 1. The van der Waals surface area contributed by atoms with Gasteiger partial charge in [0, 0.05) is 24.5 Å². The lowest BCUT2D eigenvalue weighted by Crippen LogP contribution is -2.15. The summed E-state index contributed by atoms with van der Waals surface area (Å²) in [6, 6.07) is 5.00. The molecule has 1 heterocycles. The molecule has 2 heteroatoms. The van der Waals surface area contributed by atoms with Crippen molar-refractivity contribution in [3.8, 4) is 0 Å². The predicted molar refractivity (Wildman–Crippen MR) is 48.8 cm³/mol. The van der Waals surface area contributed by atoms with Gasteiger partial charge in [-0.25, -0.2) is 0 Å². The lowest BCUT2D eigenvalue weighted by Gasteiger charge is -2.02. The Morgan fingerprint density at radius 3 is 3.08 bits per heavy atom. The maximum absolute atomic E-state index is 4.15. The minimum absolute atomic E-state index is 0.790. The molecule has 1 aliphatic carbocycles. The van der Waals surface area contributed by atoms with Gasteiger partial charge in [0.2, 0.25) is 0 Å². The first-order chi connectivity index (χ1) is 5.84. The standard InChI is InChI=1S/C10H14N2/c1-8-6-9(4-5-11-8)7-12-10-2-3-10/h4-6,10,12H,2-3,7H2,1H3. The second-order valence-electron chi connectivity index (χ2n) is 3.46. The molecule has 0 aromatic carbocycles. The van der Waals surface area contributed by atoms with Crippen LogP contribution in [-0.4, -0.2) is 11.0 Å². The lowest BCUT2D eigenvalue weighted by molar-refractivity contribution is 0.686. The van der Waals surface area contributed by atoms with Crippen LogP contribution in [0.3, 0.4) is 0 Å². The summed E-state index contributed by atoms with van der Waals surface area (Å²) < 4.78 is 0. The number of pyridine rings is 1. The van der Waals surface area contributed by atoms with E-state index in [0.29, 0.717) is 0 Å². The fraction of sp³-hybridized carbons (Fsp3) is 0.500. The average Bonchev–Trinajstić information content (AvgIpc) is 2.84. The third-order valence-electron chi connectivity index (χ3n) is 2.13. The third-order valence-corrected chi connectivity index (χ3v) is 2.13. The van der Waals surface area contributed by atoms with Gasteiger partial charge in [0.05, 0.1) is 0 Å². The summed E-state index contributed by atoms with van der Waals surface area (Å²) in [5.41, 5.74) is 2.44. The first kappa shape index (κ1) is 7.74. The number of hydrogen-bond acceptors (Lipinski definition) is 2. The highest BCUT2D eigenvalue weighted by Crippen LogP contribution is 2.19. The van der Waals surface area contributed by atoms with Crippen LogP contribution < -0.4 is 5.32 Å². The summed E-state index contributed by atoms with van der Waals surface area (Å²) in [7, 11) is 0. The molecule has 1 aromatic heterocycles. The van der Waals surface area contributed by atoms with Gasteiger partial charge in [-0.1, -0.05) is 0 Å². The summed E-state index contributed by atoms with van der Waals surface area (Å²) in [5.74, 6) is 0. The van der Waals surface area contributed by atoms with Crippen LogP contribution in [0.5, 0.6) is 0 Å². The van der Waals surface area contributed by atoms with Crippen molar-refractivity contribution in [2.45, 2.75) is 32.4 Å². The van der Waals surface area contributed by atoms with E-state index in [0.717, 1.165) is 18.3 Å². The quantitative estimate of drug-likeness (QED) is 0.731. The van der Waals surface area contributed by atoms with Gasteiger partial charge in [-0.3, -0.25) is 4.98 Å². The fourth-order valence-corrected chi connectivity index (χ4v) is 1.26. The van der Waals surface area contributed by atoms with Crippen LogP contribution in [0.4, 0.5) is 0 Å². The Hall–Kier alpha value is -0.890. The van der Waals surface area contributed by atoms with E-state index >= 15 is 0 Å². The van der Waals surface area contributed by atoms with E-state index < -0.39 is 0 Å². The maximum atomic E-state index is 4.15. The van der Waals surface area contributed by atoms with Gasteiger partial charge in [0.1, 0.15) is 0 Å². The normalized spacial score (nSPS) is 16.4. The van der Waals surface area contributed by atoms with E-state index in [-0.39, 0.29) is 0 Å². The Kier molecular flexibility index (Phi) is 2.09. The summed E-state index contributed by atoms with van der Waals surface area (Å²) in [6.45, 7) is 3.02. The Morgan fingerprint density at radius 2 is 2.42 bits per heavy atom. The van der Waals surface area contributed by atoms with Gasteiger partial charge < -0.3 is 5.32 Å². The van der Waals surface area contributed by atoms with E-state index in [2.05, 4.69) is 22.4 Å². The molecule has 1 N–H and O–H groups in total. The van der Waals surface area contributed by atoms with Crippen LogP contribution in [0, 0.1) is 6.92 Å². The van der Waals surface area contributed by atoms with E-state index in [4.69, 9.17) is 0 Å². The molecule has 2 rings (SSSR count). The fourth-order valence-electron chi connectivity index (χ4n) is 1.26. The molecule has 1 aromatic rings. The van der Waals surface area contributed by atoms with E-state index in [1.165, 1.54) is 18.4 Å². The highest BCUT2D eigenvalue weighted by atomic mass is 14.9. The maximum Gasteiger partial charge on any atom is 0.0375 e. The van der Waals surface area contributed by atoms with Gasteiger partial charge in [-0.15, -0.1) is 0 Å². The molecule has 1 aliphatic rings. The van der Waals surface area contributed by atoms with Crippen molar-refractivity contribution in [2.75, 3.05) is 0 Å². The molecule has 2 nitrogen and oxygen atoms in total. The molecule has 1 fully saturated rings. The Balaban J connectivity index is 1.92. The van der Waals surface area contributed by atoms with Crippen molar-refractivity contribution in [1.82, 2.24) is 10.3 Å². The highest BCUT2D eigenvalue weighted by Gasteiger charge is 2.19. The first-order valence-corrected chi connectivity index (χ1v) is 4.49.